The number of nitrogens with two attached hydrogens (primary N) is 1. The summed E-state index contributed by atoms with van der Waals surface area (Å²) in [4.78, 5) is 10.9. The minimum absolute atomic E-state index is 0.0849. The molecule has 3 N–H and O–H groups in total. The van der Waals surface area contributed by atoms with Gasteiger partial charge >= 0.3 is 5.97 Å². The maximum absolute atomic E-state index is 13.5. The van der Waals surface area contributed by atoms with Crippen LogP contribution < -0.4 is 11.1 Å². The van der Waals surface area contributed by atoms with Crippen LogP contribution in [0.25, 0.3) is 0 Å². The van der Waals surface area contributed by atoms with Crippen molar-refractivity contribution in [2.45, 2.75) is 6.92 Å². The van der Waals surface area contributed by atoms with Gasteiger partial charge in [0.25, 0.3) is 0 Å². The summed E-state index contributed by atoms with van der Waals surface area (Å²) in [6, 6.07) is 2.00. The van der Waals surface area contributed by atoms with E-state index < -0.39 is 23.3 Å². The van der Waals surface area contributed by atoms with E-state index in [0.29, 0.717) is 0 Å². The highest BCUT2D eigenvalue weighted by atomic mass is 32.1. The van der Waals surface area contributed by atoms with Gasteiger partial charge in [0, 0.05) is 5.56 Å². The van der Waals surface area contributed by atoms with Gasteiger partial charge in [-0.1, -0.05) is 12.2 Å². The minimum Gasteiger partial charge on any atom is -0.465 e. The molecular formula is C11H12F2N2O2S. The molecule has 4 nitrogen and oxygen atoms in total. The van der Waals surface area contributed by atoms with Crippen LogP contribution in [-0.2, 0) is 9.53 Å². The summed E-state index contributed by atoms with van der Waals surface area (Å²) in [6.45, 7) is 1.51. The van der Waals surface area contributed by atoms with E-state index in [0.717, 1.165) is 12.1 Å². The number of carbonyl (C=O) groups excluding carboxylic acids is 1. The number of halogens is 2. The normalized spacial score (nSPS) is 9.94. The SMILES string of the molecule is CCOC(=O)CNc1c(F)cc(C(N)=S)cc1F. The molecule has 0 aliphatic heterocycles. The summed E-state index contributed by atoms with van der Waals surface area (Å²) in [5, 5.41) is 2.32. The molecule has 1 aromatic rings. The van der Waals surface area contributed by atoms with Crippen molar-refractivity contribution in [3.8, 4) is 0 Å². The molecule has 1 aromatic carbocycles. The zero-order valence-corrected chi connectivity index (χ0v) is 10.4. The molecule has 0 aliphatic carbocycles. The second kappa shape index (κ2) is 6.25. The molecule has 0 saturated heterocycles. The van der Waals surface area contributed by atoms with Gasteiger partial charge in [0.05, 0.1) is 6.61 Å². The molecular weight excluding hydrogens is 262 g/mol. The lowest BCUT2D eigenvalue weighted by Gasteiger charge is -2.09. The number of nitrogens with one attached hydrogen (secondary N) is 1. The lowest BCUT2D eigenvalue weighted by molar-refractivity contribution is -0.140. The van der Waals surface area contributed by atoms with Crippen molar-refractivity contribution >= 4 is 28.9 Å². The molecule has 0 fully saturated rings. The molecule has 98 valence electrons. The van der Waals surface area contributed by atoms with E-state index in [1.807, 2.05) is 0 Å². The fraction of sp³-hybridized carbons (Fsp3) is 0.273. The summed E-state index contributed by atoms with van der Waals surface area (Å²) >= 11 is 4.62. The largest absolute Gasteiger partial charge is 0.465 e. The van der Waals surface area contributed by atoms with Crippen LogP contribution in [0.2, 0.25) is 0 Å². The standard InChI is InChI=1S/C11H12F2N2O2S/c1-2-17-9(16)5-15-10-7(12)3-6(11(14)18)4-8(10)13/h3-4,15H,2,5H2,1H3,(H2,14,18). The van der Waals surface area contributed by atoms with E-state index in [4.69, 9.17) is 5.73 Å². The molecule has 0 spiro atoms. The first kappa shape index (κ1) is 14.3. The van der Waals surface area contributed by atoms with Crippen molar-refractivity contribution in [1.29, 1.82) is 0 Å². The molecule has 0 amide bonds. The van der Waals surface area contributed by atoms with Gasteiger partial charge in [-0.2, -0.15) is 0 Å². The van der Waals surface area contributed by atoms with Crippen LogP contribution in [0.4, 0.5) is 14.5 Å². The fourth-order valence-electron chi connectivity index (χ4n) is 1.26. The van der Waals surface area contributed by atoms with Crippen LogP contribution in [0.15, 0.2) is 12.1 Å². The van der Waals surface area contributed by atoms with Crippen molar-refractivity contribution in [3.05, 3.63) is 29.3 Å². The number of ether oxygens (including phenoxy) is 1. The van der Waals surface area contributed by atoms with Gasteiger partial charge in [-0.3, -0.25) is 4.79 Å². The van der Waals surface area contributed by atoms with Crippen LogP contribution in [0.3, 0.4) is 0 Å². The molecule has 0 unspecified atom stereocenters. The van der Waals surface area contributed by atoms with E-state index in [2.05, 4.69) is 22.3 Å². The Bertz CT molecular complexity index is 457. The number of hydrogen-bond donors (Lipinski definition) is 2. The summed E-state index contributed by atoms with van der Waals surface area (Å²) in [5.41, 5.74) is 4.94. The summed E-state index contributed by atoms with van der Waals surface area (Å²) in [5.74, 6) is -2.35. The van der Waals surface area contributed by atoms with Gasteiger partial charge in [0.15, 0.2) is 0 Å². The van der Waals surface area contributed by atoms with E-state index >= 15 is 0 Å². The first-order chi connectivity index (χ1) is 8.45. The Morgan fingerprint density at radius 2 is 2.00 bits per heavy atom. The van der Waals surface area contributed by atoms with Crippen molar-refractivity contribution in [2.75, 3.05) is 18.5 Å². The van der Waals surface area contributed by atoms with Gasteiger partial charge in [-0.05, 0) is 19.1 Å². The third-order valence-electron chi connectivity index (χ3n) is 2.04. The molecule has 1 rings (SSSR count). The molecule has 7 heteroatoms. The summed E-state index contributed by atoms with van der Waals surface area (Å²) < 4.78 is 31.7. The summed E-state index contributed by atoms with van der Waals surface area (Å²) in [7, 11) is 0. The molecule has 0 radical (unpaired) electrons. The van der Waals surface area contributed by atoms with Gasteiger partial charge in [0.1, 0.15) is 28.9 Å². The van der Waals surface area contributed by atoms with Crippen molar-refractivity contribution < 1.29 is 18.3 Å². The van der Waals surface area contributed by atoms with Crippen molar-refractivity contribution in [3.63, 3.8) is 0 Å². The molecule has 0 aliphatic rings. The maximum atomic E-state index is 13.5. The van der Waals surface area contributed by atoms with Crippen LogP contribution in [0.1, 0.15) is 12.5 Å². The number of esters is 1. The lowest BCUT2D eigenvalue weighted by atomic mass is 10.2. The molecule has 18 heavy (non-hydrogen) atoms. The van der Waals surface area contributed by atoms with Crippen molar-refractivity contribution in [2.24, 2.45) is 5.73 Å². The fourth-order valence-corrected chi connectivity index (χ4v) is 1.37. The minimum atomic E-state index is -0.873. The number of carbonyl (C=O) groups is 1. The molecule has 0 atom stereocenters. The zero-order valence-electron chi connectivity index (χ0n) is 9.63. The molecule has 0 heterocycles. The van der Waals surface area contributed by atoms with Crippen LogP contribution >= 0.6 is 12.2 Å². The number of thiocarbonyl (C=S) groups is 1. The Hall–Kier alpha value is -1.76. The predicted octanol–water partition coefficient (Wildman–Crippen LogP) is 1.57. The van der Waals surface area contributed by atoms with E-state index in [-0.39, 0.29) is 23.7 Å². The third-order valence-corrected chi connectivity index (χ3v) is 2.28. The topological polar surface area (TPSA) is 64.3 Å². The highest BCUT2D eigenvalue weighted by Gasteiger charge is 2.13. The highest BCUT2D eigenvalue weighted by Crippen LogP contribution is 2.20. The first-order valence-electron chi connectivity index (χ1n) is 5.14. The van der Waals surface area contributed by atoms with Gasteiger partial charge < -0.3 is 15.8 Å². The maximum Gasteiger partial charge on any atom is 0.325 e. The quantitative estimate of drug-likeness (QED) is 0.630. The number of benzene rings is 1. The summed E-state index contributed by atoms with van der Waals surface area (Å²) in [6.07, 6.45) is 0. The van der Waals surface area contributed by atoms with E-state index in [1.54, 1.807) is 6.92 Å². The third kappa shape index (κ3) is 3.63. The van der Waals surface area contributed by atoms with Gasteiger partial charge in [0.2, 0.25) is 0 Å². The van der Waals surface area contributed by atoms with Crippen LogP contribution in [0, 0.1) is 11.6 Å². The van der Waals surface area contributed by atoms with Crippen molar-refractivity contribution in [1.82, 2.24) is 0 Å². The molecule has 0 bridgehead atoms. The monoisotopic (exact) mass is 274 g/mol. The van der Waals surface area contributed by atoms with Crippen LogP contribution in [0.5, 0.6) is 0 Å². The van der Waals surface area contributed by atoms with Gasteiger partial charge in [-0.25, -0.2) is 8.78 Å². The second-order valence-corrected chi connectivity index (χ2v) is 3.78. The first-order valence-corrected chi connectivity index (χ1v) is 5.54. The Morgan fingerprint density at radius 3 is 2.44 bits per heavy atom. The number of hydrogen-bond acceptors (Lipinski definition) is 4. The Labute approximate surface area is 108 Å². The van der Waals surface area contributed by atoms with E-state index in [9.17, 15) is 13.6 Å². The smallest absolute Gasteiger partial charge is 0.325 e. The highest BCUT2D eigenvalue weighted by molar-refractivity contribution is 7.80. The van der Waals surface area contributed by atoms with E-state index in [1.165, 1.54) is 0 Å². The Morgan fingerprint density at radius 1 is 1.44 bits per heavy atom. The number of anilines is 1. The number of rotatable bonds is 5. The Balaban J connectivity index is 2.84. The van der Waals surface area contributed by atoms with Gasteiger partial charge in [-0.15, -0.1) is 0 Å². The average molecular weight is 274 g/mol. The molecule has 0 saturated carbocycles. The van der Waals surface area contributed by atoms with Crippen LogP contribution in [-0.4, -0.2) is 24.1 Å². The zero-order chi connectivity index (χ0) is 13.7. The Kier molecular flexibility index (Phi) is 4.96. The lowest BCUT2D eigenvalue weighted by Crippen LogP contribution is -2.18. The predicted molar refractivity (Wildman–Crippen MR) is 67.4 cm³/mol. The second-order valence-electron chi connectivity index (χ2n) is 3.34. The molecule has 0 aromatic heterocycles. The average Bonchev–Trinajstić information content (AvgIpc) is 2.27.